The average Bonchev–Trinajstić information content (AvgIpc) is 2.56. The molecule has 0 spiro atoms. The zero-order chi connectivity index (χ0) is 19.9. The topological polar surface area (TPSA) is 74.7 Å². The fourth-order valence-corrected chi connectivity index (χ4v) is 4.73. The summed E-state index contributed by atoms with van der Waals surface area (Å²) in [5.41, 5.74) is 0. The fraction of sp³-hybridized carbons (Fsp3) is 0.611. The zero-order valence-electron chi connectivity index (χ0n) is 15.4. The van der Waals surface area contributed by atoms with E-state index >= 15 is 0 Å². The van der Waals surface area contributed by atoms with E-state index in [1.807, 2.05) is 20.8 Å². The van der Waals surface area contributed by atoms with E-state index in [1.54, 1.807) is 0 Å². The smallest absolute Gasteiger partial charge is 0.322 e. The van der Waals surface area contributed by atoms with Gasteiger partial charge < -0.3 is 5.11 Å². The molecule has 0 aliphatic heterocycles. The van der Waals surface area contributed by atoms with E-state index in [1.165, 1.54) is 24.3 Å². The molecule has 5 nitrogen and oxygen atoms in total. The van der Waals surface area contributed by atoms with E-state index in [4.69, 9.17) is 11.6 Å². The van der Waals surface area contributed by atoms with Crippen LogP contribution in [0.1, 0.15) is 46.5 Å². The van der Waals surface area contributed by atoms with Crippen LogP contribution < -0.4 is 0 Å². The quantitative estimate of drug-likeness (QED) is 0.474. The number of carboxylic acid groups (broad SMARTS) is 1. The molecule has 0 amide bonds. The summed E-state index contributed by atoms with van der Waals surface area (Å²) >= 11 is 9.39. The molecule has 1 rings (SSSR count). The largest absolute Gasteiger partial charge is 0.480 e. The van der Waals surface area contributed by atoms with Gasteiger partial charge in [0, 0.05) is 16.4 Å². The highest BCUT2D eigenvalue weighted by atomic mass is 79.9. The van der Waals surface area contributed by atoms with Crippen molar-refractivity contribution in [2.75, 3.05) is 6.54 Å². The lowest BCUT2D eigenvalue weighted by Crippen LogP contribution is -2.46. The molecule has 0 aromatic heterocycles. The number of rotatable bonds is 11. The first-order chi connectivity index (χ1) is 12.1. The van der Waals surface area contributed by atoms with Crippen LogP contribution in [0.15, 0.2) is 29.2 Å². The molecule has 1 aromatic rings. The van der Waals surface area contributed by atoms with Gasteiger partial charge >= 0.3 is 5.97 Å². The summed E-state index contributed by atoms with van der Waals surface area (Å²) in [6, 6.07) is 4.73. The van der Waals surface area contributed by atoms with Crippen LogP contribution in [0.3, 0.4) is 0 Å². The molecule has 1 aromatic carbocycles. The fourth-order valence-electron chi connectivity index (χ4n) is 2.65. The van der Waals surface area contributed by atoms with Crippen LogP contribution in [-0.2, 0) is 14.8 Å². The second-order valence-electron chi connectivity index (χ2n) is 6.70. The summed E-state index contributed by atoms with van der Waals surface area (Å²) in [6.45, 7) is 5.97. The highest BCUT2D eigenvalue weighted by Crippen LogP contribution is 2.25. The predicted octanol–water partition coefficient (Wildman–Crippen LogP) is 4.78. The molecule has 0 aliphatic carbocycles. The van der Waals surface area contributed by atoms with Gasteiger partial charge in [0.15, 0.2) is 0 Å². The third-order valence-electron chi connectivity index (χ3n) is 4.09. The Balaban J connectivity index is 3.19. The summed E-state index contributed by atoms with van der Waals surface area (Å²) in [7, 11) is -3.93. The number of carboxylic acids is 1. The number of nitrogens with zero attached hydrogens (tertiary/aromatic N) is 1. The Kier molecular flexibility index (Phi) is 9.58. The number of alkyl halides is 1. The Bertz CT molecular complexity index is 679. The number of halogens is 2. The van der Waals surface area contributed by atoms with Crippen LogP contribution in [0.5, 0.6) is 0 Å². The normalized spacial score (nSPS) is 14.6. The minimum absolute atomic E-state index is 0.0542. The Labute approximate surface area is 169 Å². The lowest BCUT2D eigenvalue weighted by Gasteiger charge is -2.29. The van der Waals surface area contributed by atoms with Crippen molar-refractivity contribution in [1.29, 1.82) is 0 Å². The van der Waals surface area contributed by atoms with E-state index in [0.717, 1.165) is 17.1 Å². The van der Waals surface area contributed by atoms with E-state index < -0.39 is 22.0 Å². The summed E-state index contributed by atoms with van der Waals surface area (Å²) in [6.07, 6.45) is 2.54. The predicted molar refractivity (Wildman–Crippen MR) is 108 cm³/mol. The summed E-state index contributed by atoms with van der Waals surface area (Å²) in [4.78, 5) is 12.2. The van der Waals surface area contributed by atoms with E-state index in [-0.39, 0.29) is 28.6 Å². The van der Waals surface area contributed by atoms with Gasteiger partial charge in [0.25, 0.3) is 0 Å². The first kappa shape index (κ1) is 23.4. The molecule has 148 valence electrons. The van der Waals surface area contributed by atoms with Gasteiger partial charge in [0.2, 0.25) is 10.0 Å². The van der Waals surface area contributed by atoms with Gasteiger partial charge in [-0.3, -0.25) is 4.79 Å². The third-order valence-corrected chi connectivity index (χ3v) is 7.37. The maximum atomic E-state index is 13.1. The Morgan fingerprint density at radius 1 is 1.27 bits per heavy atom. The van der Waals surface area contributed by atoms with Gasteiger partial charge in [-0.25, -0.2) is 8.42 Å². The first-order valence-corrected chi connectivity index (χ1v) is 11.5. The average molecular weight is 469 g/mol. The minimum Gasteiger partial charge on any atom is -0.480 e. The van der Waals surface area contributed by atoms with Gasteiger partial charge in [-0.2, -0.15) is 4.31 Å². The van der Waals surface area contributed by atoms with Crippen LogP contribution in [0.25, 0.3) is 0 Å². The Morgan fingerprint density at radius 3 is 2.31 bits per heavy atom. The van der Waals surface area contributed by atoms with Crippen molar-refractivity contribution in [3.8, 4) is 0 Å². The van der Waals surface area contributed by atoms with Gasteiger partial charge in [-0.05, 0) is 55.9 Å². The van der Waals surface area contributed by atoms with Gasteiger partial charge in [0.1, 0.15) is 6.04 Å². The number of hydrogen-bond donors (Lipinski definition) is 1. The third kappa shape index (κ3) is 6.83. The maximum Gasteiger partial charge on any atom is 0.322 e. The van der Waals surface area contributed by atoms with Crippen LogP contribution in [0.2, 0.25) is 5.02 Å². The molecule has 0 heterocycles. The molecule has 2 atom stereocenters. The van der Waals surface area contributed by atoms with Crippen molar-refractivity contribution in [1.82, 2.24) is 4.31 Å². The summed E-state index contributed by atoms with van der Waals surface area (Å²) < 4.78 is 27.4. The van der Waals surface area contributed by atoms with Crippen molar-refractivity contribution in [2.45, 2.75) is 62.2 Å². The number of carbonyl (C=O) groups is 1. The highest BCUT2D eigenvalue weighted by molar-refractivity contribution is 9.09. The minimum atomic E-state index is -3.93. The molecule has 1 N–H and O–H groups in total. The monoisotopic (exact) mass is 467 g/mol. The molecular weight excluding hydrogens is 442 g/mol. The number of benzene rings is 1. The molecular formula is C18H27BrClNO4S. The van der Waals surface area contributed by atoms with E-state index in [9.17, 15) is 18.3 Å². The Hall–Kier alpha value is -0.630. The lowest BCUT2D eigenvalue weighted by atomic mass is 10.0. The summed E-state index contributed by atoms with van der Waals surface area (Å²) in [5, 5.41) is 10.1. The number of hydrogen-bond acceptors (Lipinski definition) is 3. The zero-order valence-corrected chi connectivity index (χ0v) is 18.5. The van der Waals surface area contributed by atoms with E-state index in [0.29, 0.717) is 11.4 Å². The first-order valence-electron chi connectivity index (χ1n) is 8.73. The van der Waals surface area contributed by atoms with E-state index in [2.05, 4.69) is 15.9 Å². The highest BCUT2D eigenvalue weighted by Gasteiger charge is 2.36. The van der Waals surface area contributed by atoms with Crippen LogP contribution in [0, 0.1) is 5.92 Å². The standard InChI is InChI=1S/C18H27BrClNO4S/c1-4-14(19)6-5-11-21(17(18(22)23)12-13(2)3)26(24,25)16-9-7-15(20)8-10-16/h7-10,13-14,17H,4-6,11-12H2,1-3H3,(H,22,23)/t14?,17-/m1/s1. The van der Waals surface area contributed by atoms with Crippen LogP contribution in [-0.4, -0.2) is 41.2 Å². The number of sulfonamides is 1. The van der Waals surface area contributed by atoms with Crippen molar-refractivity contribution < 1.29 is 18.3 Å². The number of aliphatic carboxylic acids is 1. The van der Waals surface area contributed by atoms with Crippen LogP contribution >= 0.6 is 27.5 Å². The van der Waals surface area contributed by atoms with Crippen molar-refractivity contribution in [2.24, 2.45) is 5.92 Å². The maximum absolute atomic E-state index is 13.1. The molecule has 0 bridgehead atoms. The molecule has 0 saturated heterocycles. The van der Waals surface area contributed by atoms with Gasteiger partial charge in [0.05, 0.1) is 4.90 Å². The van der Waals surface area contributed by atoms with Crippen molar-refractivity contribution in [3.05, 3.63) is 29.3 Å². The molecule has 0 saturated carbocycles. The molecule has 1 unspecified atom stereocenters. The molecule has 0 aliphatic rings. The molecule has 0 fully saturated rings. The van der Waals surface area contributed by atoms with Gasteiger partial charge in [-0.1, -0.05) is 48.3 Å². The van der Waals surface area contributed by atoms with Crippen LogP contribution in [0.4, 0.5) is 0 Å². The second kappa shape index (κ2) is 10.6. The lowest BCUT2D eigenvalue weighted by molar-refractivity contribution is -0.142. The molecule has 26 heavy (non-hydrogen) atoms. The Morgan fingerprint density at radius 2 is 1.85 bits per heavy atom. The second-order valence-corrected chi connectivity index (χ2v) is 10.3. The van der Waals surface area contributed by atoms with Crippen molar-refractivity contribution in [3.63, 3.8) is 0 Å². The molecule has 8 heteroatoms. The summed E-state index contributed by atoms with van der Waals surface area (Å²) in [5.74, 6) is -1.07. The van der Waals surface area contributed by atoms with Gasteiger partial charge in [-0.15, -0.1) is 0 Å². The SMILES string of the molecule is CCC(Br)CCCN([C@H](CC(C)C)C(=O)O)S(=O)(=O)c1ccc(Cl)cc1. The van der Waals surface area contributed by atoms with Crippen molar-refractivity contribution >= 4 is 43.5 Å². The molecule has 0 radical (unpaired) electrons.